The standard InChI is InChI=1S/C71H138O17P2/c1-7-9-11-13-15-17-19-21-23-28-35-41-47-53-68(73)81-59-66(88-71(76)56-50-44-38-30-26-25-27-33-39-45-51-63(3)4)61-85-89(77,78)83-57-65(72)58-84-90(79,80)86-62-67(60-82-69(74)54-48-42-36-32-31-34-40-46-52-64(5)6)87-70(75)55-49-43-37-29-24-22-20-18-16-14-12-10-8-2/h63-67,72H,7-62H2,1-6H3,(H,77,78)(H,79,80)/t65-,66-,67-/m1/s1. The molecule has 0 bridgehead atoms. The maximum absolute atomic E-state index is 13.0. The van der Waals surface area contributed by atoms with Crippen molar-refractivity contribution in [1.82, 2.24) is 0 Å². The van der Waals surface area contributed by atoms with Crippen LogP contribution in [0.25, 0.3) is 0 Å². The van der Waals surface area contributed by atoms with E-state index in [1.54, 1.807) is 0 Å². The first-order valence-electron chi connectivity index (χ1n) is 37.0. The molecule has 0 fully saturated rings. The number of carbonyl (C=O) groups is 4. The average molecular weight is 1330 g/mol. The third-order valence-electron chi connectivity index (χ3n) is 16.5. The topological polar surface area (TPSA) is 237 Å². The highest BCUT2D eigenvalue weighted by Crippen LogP contribution is 2.45. The van der Waals surface area contributed by atoms with Gasteiger partial charge in [-0.15, -0.1) is 0 Å². The molecule has 0 aliphatic carbocycles. The molecule has 3 N–H and O–H groups in total. The van der Waals surface area contributed by atoms with Crippen LogP contribution in [0.3, 0.4) is 0 Å². The minimum atomic E-state index is -4.95. The third kappa shape index (κ3) is 64.8. The molecule has 0 aromatic heterocycles. The number of esters is 4. The summed E-state index contributed by atoms with van der Waals surface area (Å²) in [5.41, 5.74) is 0. The van der Waals surface area contributed by atoms with Crippen LogP contribution in [0.15, 0.2) is 0 Å². The summed E-state index contributed by atoms with van der Waals surface area (Å²) < 4.78 is 68.3. The van der Waals surface area contributed by atoms with Crippen molar-refractivity contribution in [2.75, 3.05) is 39.6 Å². The van der Waals surface area contributed by atoms with Gasteiger partial charge < -0.3 is 33.8 Å². The fourth-order valence-corrected chi connectivity index (χ4v) is 12.3. The molecule has 2 unspecified atom stereocenters. The Bertz CT molecular complexity index is 1750. The van der Waals surface area contributed by atoms with Gasteiger partial charge in [-0.25, -0.2) is 9.13 Å². The smallest absolute Gasteiger partial charge is 0.462 e. The number of phosphoric ester groups is 2. The van der Waals surface area contributed by atoms with Crippen molar-refractivity contribution in [3.8, 4) is 0 Å². The van der Waals surface area contributed by atoms with Gasteiger partial charge in [0, 0.05) is 25.7 Å². The summed E-state index contributed by atoms with van der Waals surface area (Å²) in [5, 5.41) is 10.6. The van der Waals surface area contributed by atoms with Gasteiger partial charge in [0.25, 0.3) is 0 Å². The van der Waals surface area contributed by atoms with Crippen LogP contribution in [-0.2, 0) is 65.4 Å². The number of ether oxygens (including phenoxy) is 4. The molecule has 17 nitrogen and oxygen atoms in total. The first-order valence-corrected chi connectivity index (χ1v) is 40.0. The van der Waals surface area contributed by atoms with Crippen molar-refractivity contribution >= 4 is 39.5 Å². The lowest BCUT2D eigenvalue weighted by Gasteiger charge is -2.21. The molecule has 19 heteroatoms. The van der Waals surface area contributed by atoms with Crippen LogP contribution in [0.5, 0.6) is 0 Å². The van der Waals surface area contributed by atoms with E-state index >= 15 is 0 Å². The highest BCUT2D eigenvalue weighted by atomic mass is 31.2. The maximum Gasteiger partial charge on any atom is 0.472 e. The molecule has 0 saturated heterocycles. The molecule has 0 amide bonds. The molecule has 0 rings (SSSR count). The van der Waals surface area contributed by atoms with Crippen molar-refractivity contribution in [2.45, 2.75) is 381 Å². The van der Waals surface area contributed by atoms with Crippen molar-refractivity contribution < 1.29 is 80.2 Å². The van der Waals surface area contributed by atoms with Crippen LogP contribution in [0, 0.1) is 11.8 Å². The Morgan fingerprint density at radius 2 is 0.511 bits per heavy atom. The largest absolute Gasteiger partial charge is 0.472 e. The van der Waals surface area contributed by atoms with E-state index in [0.717, 1.165) is 102 Å². The summed E-state index contributed by atoms with van der Waals surface area (Å²) >= 11 is 0. The second-order valence-corrected chi connectivity index (χ2v) is 29.5. The van der Waals surface area contributed by atoms with Crippen LogP contribution >= 0.6 is 15.6 Å². The van der Waals surface area contributed by atoms with Gasteiger partial charge in [-0.2, -0.15) is 0 Å². The van der Waals surface area contributed by atoms with Gasteiger partial charge in [-0.3, -0.25) is 37.3 Å². The quantitative estimate of drug-likeness (QED) is 0.0222. The number of aliphatic hydroxyl groups is 1. The van der Waals surface area contributed by atoms with E-state index in [1.807, 2.05) is 0 Å². The van der Waals surface area contributed by atoms with E-state index in [0.29, 0.717) is 25.7 Å². The zero-order valence-corrected chi connectivity index (χ0v) is 60.2. The van der Waals surface area contributed by atoms with Crippen LogP contribution in [0.2, 0.25) is 0 Å². The summed E-state index contributed by atoms with van der Waals surface area (Å²) in [6.07, 6.45) is 48.4. The molecule has 0 aromatic carbocycles. The van der Waals surface area contributed by atoms with E-state index < -0.39 is 97.5 Å². The van der Waals surface area contributed by atoms with E-state index in [4.69, 9.17) is 37.0 Å². The SMILES string of the molecule is CCCCCCCCCCCCCCCC(=O)OC[C@H](COP(=O)(O)OC[C@@H](O)COP(=O)(O)OC[C@@H](COC(=O)CCCCCCCCCCC(C)C)OC(=O)CCCCCCCCCCCCCCC)OC(=O)CCCCCCCCCCCCC(C)C. The predicted octanol–water partition coefficient (Wildman–Crippen LogP) is 20.4. The second-order valence-electron chi connectivity index (χ2n) is 26.6. The zero-order chi connectivity index (χ0) is 66.5. The summed E-state index contributed by atoms with van der Waals surface area (Å²) in [6.45, 7) is 9.52. The Hall–Kier alpha value is -1.94. The number of unbranched alkanes of at least 4 members (excludes halogenated alkanes) is 40. The molecule has 534 valence electrons. The van der Waals surface area contributed by atoms with Crippen LogP contribution in [-0.4, -0.2) is 96.7 Å². The van der Waals surface area contributed by atoms with E-state index in [1.165, 1.54) is 180 Å². The number of carbonyl (C=O) groups excluding carboxylic acids is 4. The third-order valence-corrected chi connectivity index (χ3v) is 18.4. The normalized spacial score (nSPS) is 14.1. The lowest BCUT2D eigenvalue weighted by Crippen LogP contribution is -2.30. The van der Waals surface area contributed by atoms with Gasteiger partial charge in [0.05, 0.1) is 26.4 Å². The van der Waals surface area contributed by atoms with Crippen LogP contribution in [0.4, 0.5) is 0 Å². The molecule has 0 heterocycles. The Labute approximate surface area is 549 Å². The lowest BCUT2D eigenvalue weighted by molar-refractivity contribution is -0.161. The molecule has 0 aliphatic heterocycles. The van der Waals surface area contributed by atoms with Crippen LogP contribution < -0.4 is 0 Å². The van der Waals surface area contributed by atoms with Crippen molar-refractivity contribution in [3.63, 3.8) is 0 Å². The molecular weight excluding hydrogens is 1190 g/mol. The Balaban J connectivity index is 5.26. The highest BCUT2D eigenvalue weighted by Gasteiger charge is 2.30. The second kappa shape index (κ2) is 63.1. The molecule has 0 spiro atoms. The number of rotatable bonds is 70. The minimum Gasteiger partial charge on any atom is -0.462 e. The Morgan fingerprint density at radius 1 is 0.300 bits per heavy atom. The Kier molecular flexibility index (Phi) is 61.8. The van der Waals surface area contributed by atoms with Gasteiger partial charge in [-0.05, 0) is 37.5 Å². The molecule has 0 saturated carbocycles. The van der Waals surface area contributed by atoms with Gasteiger partial charge in [0.1, 0.15) is 19.3 Å². The average Bonchev–Trinajstić information content (AvgIpc) is 3.71. The zero-order valence-electron chi connectivity index (χ0n) is 58.4. The molecular formula is C71H138O17P2. The van der Waals surface area contributed by atoms with Gasteiger partial charge in [0.2, 0.25) is 0 Å². The molecule has 0 radical (unpaired) electrons. The number of hydrogen-bond acceptors (Lipinski definition) is 15. The monoisotopic (exact) mass is 1320 g/mol. The van der Waals surface area contributed by atoms with E-state index in [9.17, 15) is 43.2 Å². The van der Waals surface area contributed by atoms with Gasteiger partial charge in [-0.1, -0.05) is 311 Å². The lowest BCUT2D eigenvalue weighted by atomic mass is 10.0. The molecule has 0 aromatic rings. The molecule has 0 aliphatic rings. The van der Waals surface area contributed by atoms with Gasteiger partial charge >= 0.3 is 39.5 Å². The van der Waals surface area contributed by atoms with Crippen LogP contribution in [0.1, 0.15) is 363 Å². The fourth-order valence-electron chi connectivity index (χ4n) is 10.8. The number of phosphoric acid groups is 2. The highest BCUT2D eigenvalue weighted by molar-refractivity contribution is 7.47. The fraction of sp³-hybridized carbons (Fsp3) is 0.944. The van der Waals surface area contributed by atoms with E-state index in [-0.39, 0.29) is 25.7 Å². The van der Waals surface area contributed by atoms with Gasteiger partial charge in [0.15, 0.2) is 12.2 Å². The molecule has 90 heavy (non-hydrogen) atoms. The first-order chi connectivity index (χ1) is 43.4. The van der Waals surface area contributed by atoms with Crippen molar-refractivity contribution in [3.05, 3.63) is 0 Å². The summed E-state index contributed by atoms with van der Waals surface area (Å²) in [4.78, 5) is 72.6. The van der Waals surface area contributed by atoms with E-state index in [2.05, 4.69) is 41.5 Å². The summed E-state index contributed by atoms with van der Waals surface area (Å²) in [5.74, 6) is -0.642. The first kappa shape index (κ1) is 88.1. The number of hydrogen-bond donors (Lipinski definition) is 3. The molecule has 5 atom stereocenters. The number of aliphatic hydroxyl groups excluding tert-OH is 1. The summed E-state index contributed by atoms with van der Waals surface area (Å²) in [6, 6.07) is 0. The summed E-state index contributed by atoms with van der Waals surface area (Å²) in [7, 11) is -9.90. The Morgan fingerprint density at radius 3 is 0.756 bits per heavy atom. The van der Waals surface area contributed by atoms with Crippen molar-refractivity contribution in [2.24, 2.45) is 11.8 Å². The van der Waals surface area contributed by atoms with Crippen molar-refractivity contribution in [1.29, 1.82) is 0 Å². The predicted molar refractivity (Wildman–Crippen MR) is 363 cm³/mol. The maximum atomic E-state index is 13.0. The minimum absolute atomic E-state index is 0.106.